The van der Waals surface area contributed by atoms with Gasteiger partial charge in [-0.15, -0.1) is 6.58 Å². The van der Waals surface area contributed by atoms with Crippen molar-refractivity contribution in [2.24, 2.45) is 5.92 Å². The van der Waals surface area contributed by atoms with Crippen LogP contribution in [0.15, 0.2) is 12.7 Å². The molecule has 0 bridgehead atoms. The molecule has 0 saturated heterocycles. The molecule has 0 aliphatic heterocycles. The van der Waals surface area contributed by atoms with Gasteiger partial charge in [0.15, 0.2) is 0 Å². The third-order valence-corrected chi connectivity index (χ3v) is 3.36. The molecule has 0 heterocycles. The van der Waals surface area contributed by atoms with Crippen LogP contribution in [-0.2, 0) is 14.9 Å². The summed E-state index contributed by atoms with van der Waals surface area (Å²) in [4.78, 5) is 11.9. The van der Waals surface area contributed by atoms with Gasteiger partial charge >= 0.3 is 0 Å². The summed E-state index contributed by atoms with van der Waals surface area (Å²) in [6.45, 7) is 7.84. The number of allylic oxidation sites excluding steroid dienone is 1. The molecule has 0 fully saturated rings. The van der Waals surface area contributed by atoms with Crippen molar-refractivity contribution in [1.29, 1.82) is 0 Å². The molecule has 0 spiro atoms. The van der Waals surface area contributed by atoms with Crippen LogP contribution in [0.2, 0.25) is 0 Å². The quantitative estimate of drug-likeness (QED) is 0.358. The van der Waals surface area contributed by atoms with Crippen molar-refractivity contribution in [2.75, 3.05) is 12.3 Å². The zero-order valence-electron chi connectivity index (χ0n) is 11.1. The van der Waals surface area contributed by atoms with E-state index in [9.17, 15) is 13.2 Å². The maximum atomic E-state index is 11.9. The van der Waals surface area contributed by atoms with E-state index in [2.05, 4.69) is 11.9 Å². The van der Waals surface area contributed by atoms with E-state index in [4.69, 9.17) is 4.55 Å². The van der Waals surface area contributed by atoms with Crippen molar-refractivity contribution in [3.05, 3.63) is 12.7 Å². The molecule has 106 valence electrons. The summed E-state index contributed by atoms with van der Waals surface area (Å²) in [6, 6.07) is -0.272. The first-order valence-electron chi connectivity index (χ1n) is 6.10. The second kappa shape index (κ2) is 8.39. The number of nitrogens with one attached hydrogen (secondary N) is 1. The Bertz CT molecular complexity index is 362. The second-order valence-corrected chi connectivity index (χ2v) is 6.18. The van der Waals surface area contributed by atoms with Crippen molar-refractivity contribution in [1.82, 2.24) is 5.32 Å². The lowest BCUT2D eigenvalue weighted by Gasteiger charge is -2.20. The van der Waals surface area contributed by atoms with Crippen molar-refractivity contribution in [3.8, 4) is 0 Å². The van der Waals surface area contributed by atoms with Gasteiger partial charge in [0, 0.05) is 6.42 Å². The molecule has 2 N–H and O–H groups in total. The van der Waals surface area contributed by atoms with Gasteiger partial charge < -0.3 is 5.32 Å². The predicted molar refractivity (Wildman–Crippen MR) is 72.1 cm³/mol. The number of Topliss-reactive ketones (excluding diaryl/α,β-unsaturated/α-hetero) is 1. The summed E-state index contributed by atoms with van der Waals surface area (Å²) < 4.78 is 29.7. The number of hydrogen-bond donors (Lipinski definition) is 2. The van der Waals surface area contributed by atoms with E-state index in [1.54, 1.807) is 6.08 Å². The third-order valence-electron chi connectivity index (χ3n) is 2.55. The van der Waals surface area contributed by atoms with Crippen molar-refractivity contribution in [2.45, 2.75) is 39.2 Å². The van der Waals surface area contributed by atoms with Crippen LogP contribution in [-0.4, -0.2) is 37.1 Å². The van der Waals surface area contributed by atoms with Crippen molar-refractivity contribution < 1.29 is 17.8 Å². The molecule has 0 aliphatic rings. The van der Waals surface area contributed by atoms with Crippen LogP contribution in [0.1, 0.15) is 33.1 Å². The molecule has 6 heteroatoms. The first-order chi connectivity index (χ1) is 8.28. The lowest BCUT2D eigenvalue weighted by molar-refractivity contribution is -0.122. The van der Waals surface area contributed by atoms with Crippen molar-refractivity contribution in [3.63, 3.8) is 0 Å². The molecular weight excluding hydrogens is 254 g/mol. The van der Waals surface area contributed by atoms with E-state index >= 15 is 0 Å². The average Bonchev–Trinajstić information content (AvgIpc) is 2.23. The highest BCUT2D eigenvalue weighted by atomic mass is 32.2. The van der Waals surface area contributed by atoms with Crippen LogP contribution in [0.5, 0.6) is 0 Å². The van der Waals surface area contributed by atoms with Gasteiger partial charge in [0.25, 0.3) is 10.1 Å². The van der Waals surface area contributed by atoms with E-state index in [-0.39, 0.29) is 29.9 Å². The van der Waals surface area contributed by atoms with E-state index < -0.39 is 10.1 Å². The minimum Gasteiger partial charge on any atom is -0.307 e. The predicted octanol–water partition coefficient (Wildman–Crippen LogP) is 1.41. The molecule has 18 heavy (non-hydrogen) atoms. The minimum atomic E-state index is -3.91. The second-order valence-electron chi connectivity index (χ2n) is 4.61. The minimum absolute atomic E-state index is 0.108. The van der Waals surface area contributed by atoms with Crippen molar-refractivity contribution >= 4 is 15.9 Å². The summed E-state index contributed by atoms with van der Waals surface area (Å²) in [7, 11) is -3.91. The molecule has 0 aromatic carbocycles. The smallest absolute Gasteiger partial charge is 0.264 e. The maximum absolute atomic E-state index is 11.9. The molecule has 0 aliphatic carbocycles. The van der Waals surface area contributed by atoms with Crippen LogP contribution in [0.4, 0.5) is 0 Å². The first-order valence-corrected chi connectivity index (χ1v) is 7.71. The largest absolute Gasteiger partial charge is 0.307 e. The molecule has 0 unspecified atom stereocenters. The van der Waals surface area contributed by atoms with Gasteiger partial charge in [-0.2, -0.15) is 8.42 Å². The molecular formula is C12H23NO4S. The van der Waals surface area contributed by atoms with Gasteiger partial charge in [-0.3, -0.25) is 9.35 Å². The highest BCUT2D eigenvalue weighted by Gasteiger charge is 2.20. The number of ketones is 1. The zero-order valence-corrected chi connectivity index (χ0v) is 11.9. The molecule has 0 aromatic heterocycles. The first kappa shape index (κ1) is 17.3. The molecule has 0 saturated carbocycles. The Balaban J connectivity index is 4.12. The van der Waals surface area contributed by atoms with Crippen LogP contribution in [0.3, 0.4) is 0 Å². The Kier molecular flexibility index (Phi) is 8.06. The number of carbonyl (C=O) groups excluding carboxylic acids is 1. The van der Waals surface area contributed by atoms with Gasteiger partial charge in [0.2, 0.25) is 0 Å². The standard InChI is InChI=1S/C12H23NO4S/c1-4-5-7-11(14)12(10(2)3)13-8-6-9-18(15,16)17/h4,10,12-13H,1,5-9H2,2-3H3,(H,15,16,17)/t12-/m0/s1. The fourth-order valence-corrected chi connectivity index (χ4v) is 2.14. The van der Waals surface area contributed by atoms with Gasteiger partial charge in [-0.1, -0.05) is 19.9 Å². The Morgan fingerprint density at radius 2 is 2.06 bits per heavy atom. The number of carbonyl (C=O) groups is 1. The van der Waals surface area contributed by atoms with E-state index in [0.29, 0.717) is 19.4 Å². The highest BCUT2D eigenvalue weighted by Crippen LogP contribution is 2.07. The van der Waals surface area contributed by atoms with Gasteiger partial charge in [-0.05, 0) is 25.3 Å². The highest BCUT2D eigenvalue weighted by molar-refractivity contribution is 7.85. The molecule has 0 rings (SSSR count). The summed E-state index contributed by atoms with van der Waals surface area (Å²) >= 11 is 0. The molecule has 5 nitrogen and oxygen atoms in total. The summed E-state index contributed by atoms with van der Waals surface area (Å²) in [6.07, 6.45) is 3.08. The summed E-state index contributed by atoms with van der Waals surface area (Å²) in [5.74, 6) is -0.0316. The van der Waals surface area contributed by atoms with E-state index in [0.717, 1.165) is 0 Å². The summed E-state index contributed by atoms with van der Waals surface area (Å²) in [5.41, 5.74) is 0. The van der Waals surface area contributed by atoms with E-state index in [1.165, 1.54) is 0 Å². The Labute approximate surface area is 109 Å². The molecule has 0 aromatic rings. The maximum Gasteiger partial charge on any atom is 0.264 e. The lowest BCUT2D eigenvalue weighted by atomic mass is 9.97. The lowest BCUT2D eigenvalue weighted by Crippen LogP contribution is -2.41. The number of hydrogen-bond acceptors (Lipinski definition) is 4. The normalized spacial score (nSPS) is 13.6. The Morgan fingerprint density at radius 3 is 2.50 bits per heavy atom. The van der Waals surface area contributed by atoms with Crippen LogP contribution in [0, 0.1) is 5.92 Å². The van der Waals surface area contributed by atoms with E-state index in [1.807, 2.05) is 13.8 Å². The monoisotopic (exact) mass is 277 g/mol. The van der Waals surface area contributed by atoms with Crippen LogP contribution in [0.25, 0.3) is 0 Å². The fraction of sp³-hybridized carbons (Fsp3) is 0.750. The van der Waals surface area contributed by atoms with Gasteiger partial charge in [-0.25, -0.2) is 0 Å². The summed E-state index contributed by atoms with van der Waals surface area (Å²) in [5, 5.41) is 3.04. The number of rotatable bonds is 10. The Hall–Kier alpha value is -0.720. The fourth-order valence-electron chi connectivity index (χ4n) is 1.63. The Morgan fingerprint density at radius 1 is 1.44 bits per heavy atom. The molecule has 1 atom stereocenters. The van der Waals surface area contributed by atoms with Crippen LogP contribution >= 0.6 is 0 Å². The van der Waals surface area contributed by atoms with Gasteiger partial charge in [0.05, 0.1) is 11.8 Å². The third kappa shape index (κ3) is 8.38. The van der Waals surface area contributed by atoms with Gasteiger partial charge in [0.1, 0.15) is 5.78 Å². The zero-order chi connectivity index (χ0) is 14.2. The topological polar surface area (TPSA) is 83.5 Å². The SMILES string of the molecule is C=CCCC(=O)[C@@H](NCCCS(=O)(=O)O)C(C)C. The average molecular weight is 277 g/mol. The molecule has 0 radical (unpaired) electrons. The van der Waals surface area contributed by atoms with Crippen LogP contribution < -0.4 is 5.32 Å². The molecule has 0 amide bonds.